The number of aryl methyl sites for hydroxylation is 1. The molecule has 2 aromatic carbocycles. The summed E-state index contributed by atoms with van der Waals surface area (Å²) in [5.74, 6) is -3.11. The predicted molar refractivity (Wildman–Crippen MR) is 131 cm³/mol. The van der Waals surface area contributed by atoms with E-state index in [1.54, 1.807) is 6.07 Å². The van der Waals surface area contributed by atoms with Crippen LogP contribution in [0.25, 0.3) is 12.2 Å². The second-order valence-corrected chi connectivity index (χ2v) is 11.0. The maximum atomic E-state index is 14.0. The van der Waals surface area contributed by atoms with E-state index in [9.17, 15) is 26.4 Å². The van der Waals surface area contributed by atoms with Gasteiger partial charge in [-0.3, -0.25) is 4.79 Å². The van der Waals surface area contributed by atoms with Crippen LogP contribution < -0.4 is 5.32 Å². The minimum atomic E-state index is -4.05. The number of hydrogen-bond acceptors (Lipinski definition) is 5. The third-order valence-electron chi connectivity index (χ3n) is 5.82. The zero-order valence-corrected chi connectivity index (χ0v) is 21.4. The fraction of sp³-hybridized carbons (Fsp3) is 0.250. The fourth-order valence-corrected chi connectivity index (χ4v) is 5.97. The standard InChI is InChI=1S/C24H21BrF3N3O4S/c1-14-23(22(35-30-14)7-3-15-2-5-18(26)13-19(15)27)36(33,34)31-10-8-16(9-11-31)24(32)29-21-6-4-17(25)12-20(21)28/h2-7,12-13,16H,8-11H2,1H3,(H,29,32). The molecule has 1 N–H and O–H groups in total. The summed E-state index contributed by atoms with van der Waals surface area (Å²) in [6, 6.07) is 7.30. The molecular weight excluding hydrogens is 563 g/mol. The number of nitrogens with zero attached hydrogens (tertiary/aromatic N) is 2. The van der Waals surface area contributed by atoms with Gasteiger partial charge in [0.15, 0.2) is 10.7 Å². The average Bonchev–Trinajstić information content (AvgIpc) is 3.21. The van der Waals surface area contributed by atoms with Crippen LogP contribution in [0.2, 0.25) is 0 Å². The van der Waals surface area contributed by atoms with E-state index in [1.165, 1.54) is 41.6 Å². The van der Waals surface area contributed by atoms with Crippen molar-refractivity contribution < 1.29 is 30.9 Å². The van der Waals surface area contributed by atoms with Gasteiger partial charge in [0.25, 0.3) is 0 Å². The molecule has 1 aliphatic rings. The van der Waals surface area contributed by atoms with Crippen molar-refractivity contribution in [3.05, 3.63) is 75.3 Å². The lowest BCUT2D eigenvalue weighted by Gasteiger charge is -2.30. The Morgan fingerprint density at radius 3 is 2.50 bits per heavy atom. The third kappa shape index (κ3) is 5.55. The van der Waals surface area contributed by atoms with E-state index >= 15 is 0 Å². The summed E-state index contributed by atoms with van der Waals surface area (Å²) in [7, 11) is -4.05. The first-order valence-corrected chi connectivity index (χ1v) is 13.1. The van der Waals surface area contributed by atoms with E-state index in [4.69, 9.17) is 4.52 Å². The molecule has 1 saturated heterocycles. The van der Waals surface area contributed by atoms with Crippen molar-refractivity contribution >= 4 is 49.7 Å². The third-order valence-corrected chi connectivity index (χ3v) is 8.37. The Morgan fingerprint density at radius 1 is 1.11 bits per heavy atom. The molecule has 0 aliphatic carbocycles. The zero-order valence-electron chi connectivity index (χ0n) is 19.0. The number of nitrogens with one attached hydrogen (secondary N) is 1. The lowest BCUT2D eigenvalue weighted by atomic mass is 9.97. The van der Waals surface area contributed by atoms with E-state index < -0.39 is 33.4 Å². The molecule has 0 unspecified atom stereocenters. The number of rotatable bonds is 6. The van der Waals surface area contributed by atoms with Crippen molar-refractivity contribution in [2.75, 3.05) is 18.4 Å². The van der Waals surface area contributed by atoms with E-state index in [-0.39, 0.29) is 59.4 Å². The molecule has 0 bridgehead atoms. The second kappa shape index (κ2) is 10.6. The van der Waals surface area contributed by atoms with Gasteiger partial charge in [-0.25, -0.2) is 21.6 Å². The van der Waals surface area contributed by atoms with Crippen LogP contribution in [-0.4, -0.2) is 36.9 Å². The fourth-order valence-electron chi connectivity index (χ4n) is 3.91. The van der Waals surface area contributed by atoms with Crippen LogP contribution in [0.3, 0.4) is 0 Å². The molecule has 7 nitrogen and oxygen atoms in total. The predicted octanol–water partition coefficient (Wildman–Crippen LogP) is 5.37. The highest BCUT2D eigenvalue weighted by atomic mass is 79.9. The number of sulfonamides is 1. The quantitative estimate of drug-likeness (QED) is 0.421. The van der Waals surface area contributed by atoms with Crippen molar-refractivity contribution in [2.45, 2.75) is 24.7 Å². The van der Waals surface area contributed by atoms with Crippen LogP contribution in [0.5, 0.6) is 0 Å². The van der Waals surface area contributed by atoms with Crippen molar-refractivity contribution in [3.63, 3.8) is 0 Å². The lowest BCUT2D eigenvalue weighted by Crippen LogP contribution is -2.41. The smallest absolute Gasteiger partial charge is 0.248 e. The average molecular weight is 584 g/mol. The van der Waals surface area contributed by atoms with Crippen LogP contribution in [0.4, 0.5) is 18.9 Å². The van der Waals surface area contributed by atoms with Gasteiger partial charge >= 0.3 is 0 Å². The van der Waals surface area contributed by atoms with E-state index in [1.807, 2.05) is 0 Å². The molecule has 1 amide bonds. The molecular formula is C24H21BrF3N3O4S. The van der Waals surface area contributed by atoms with Crippen LogP contribution >= 0.6 is 15.9 Å². The Morgan fingerprint density at radius 2 is 1.83 bits per heavy atom. The minimum absolute atomic E-state index is 0.0443. The molecule has 0 atom stereocenters. The summed E-state index contributed by atoms with van der Waals surface area (Å²) in [6.07, 6.45) is 3.00. The maximum absolute atomic E-state index is 14.0. The van der Waals surface area contributed by atoms with Crippen LogP contribution in [-0.2, 0) is 14.8 Å². The molecule has 1 aromatic heterocycles. The lowest BCUT2D eigenvalue weighted by molar-refractivity contribution is -0.120. The number of hydrogen-bond donors (Lipinski definition) is 1. The van der Waals surface area contributed by atoms with Gasteiger partial charge in [0.2, 0.25) is 15.9 Å². The number of carbonyl (C=O) groups excluding carboxylic acids is 1. The van der Waals surface area contributed by atoms with Crippen molar-refractivity contribution in [2.24, 2.45) is 5.92 Å². The molecule has 0 saturated carbocycles. The Bertz CT molecular complexity index is 1430. The normalized spacial score (nSPS) is 15.5. The van der Waals surface area contributed by atoms with Crippen molar-refractivity contribution in [1.29, 1.82) is 0 Å². The van der Waals surface area contributed by atoms with Gasteiger partial charge in [0.1, 0.15) is 23.1 Å². The van der Waals surface area contributed by atoms with Gasteiger partial charge < -0.3 is 9.84 Å². The van der Waals surface area contributed by atoms with E-state index in [2.05, 4.69) is 26.4 Å². The van der Waals surface area contributed by atoms with Gasteiger partial charge in [-0.2, -0.15) is 4.31 Å². The summed E-state index contributed by atoms with van der Waals surface area (Å²) in [6.45, 7) is 1.59. The summed E-state index contributed by atoms with van der Waals surface area (Å²) >= 11 is 3.16. The number of carbonyl (C=O) groups is 1. The number of piperidine rings is 1. The first kappa shape index (κ1) is 26.1. The van der Waals surface area contributed by atoms with Gasteiger partial charge in [-0.15, -0.1) is 0 Å². The molecule has 0 spiro atoms. The molecule has 0 radical (unpaired) electrons. The van der Waals surface area contributed by atoms with Gasteiger partial charge in [0, 0.05) is 35.1 Å². The molecule has 2 heterocycles. The number of aromatic nitrogens is 1. The highest BCUT2D eigenvalue weighted by Gasteiger charge is 2.36. The SMILES string of the molecule is Cc1noc(C=Cc2ccc(F)cc2F)c1S(=O)(=O)N1CCC(C(=O)Nc2ccc(Br)cc2F)CC1. The monoisotopic (exact) mass is 583 g/mol. The minimum Gasteiger partial charge on any atom is -0.355 e. The topological polar surface area (TPSA) is 92.5 Å². The molecule has 12 heteroatoms. The Kier molecular flexibility index (Phi) is 7.67. The van der Waals surface area contributed by atoms with Crippen LogP contribution in [0.15, 0.2) is 50.3 Å². The number of anilines is 1. The summed E-state index contributed by atoms with van der Waals surface area (Å²) in [4.78, 5) is 12.5. The Hall–Kier alpha value is -2.96. The van der Waals surface area contributed by atoms with Crippen LogP contribution in [0.1, 0.15) is 29.9 Å². The number of benzene rings is 2. The second-order valence-electron chi connectivity index (χ2n) is 8.25. The Balaban J connectivity index is 1.46. The largest absolute Gasteiger partial charge is 0.355 e. The Labute approximate surface area is 214 Å². The van der Waals surface area contributed by atoms with Gasteiger partial charge in [-0.1, -0.05) is 21.1 Å². The molecule has 4 rings (SSSR count). The molecule has 3 aromatic rings. The zero-order chi connectivity index (χ0) is 26.0. The highest BCUT2D eigenvalue weighted by molar-refractivity contribution is 9.10. The first-order chi connectivity index (χ1) is 17.1. The number of halogens is 4. The number of amides is 1. The summed E-state index contributed by atoms with van der Waals surface area (Å²) < 4.78 is 74.8. The maximum Gasteiger partial charge on any atom is 0.248 e. The van der Waals surface area contributed by atoms with Crippen molar-refractivity contribution in [1.82, 2.24) is 9.46 Å². The molecule has 190 valence electrons. The first-order valence-electron chi connectivity index (χ1n) is 10.9. The molecule has 1 aliphatic heterocycles. The van der Waals surface area contributed by atoms with Crippen LogP contribution in [0, 0.1) is 30.3 Å². The van der Waals surface area contributed by atoms with E-state index in [0.29, 0.717) is 10.5 Å². The summed E-state index contributed by atoms with van der Waals surface area (Å²) in [5.41, 5.74) is 0.218. The van der Waals surface area contributed by atoms with Gasteiger partial charge in [-0.05, 0) is 62.2 Å². The summed E-state index contributed by atoms with van der Waals surface area (Å²) in [5, 5.41) is 6.30. The van der Waals surface area contributed by atoms with E-state index in [0.717, 1.165) is 6.07 Å². The molecule has 1 fully saturated rings. The molecule has 36 heavy (non-hydrogen) atoms. The van der Waals surface area contributed by atoms with Crippen molar-refractivity contribution in [3.8, 4) is 0 Å². The van der Waals surface area contributed by atoms with Gasteiger partial charge in [0.05, 0.1) is 5.69 Å². The highest BCUT2D eigenvalue weighted by Crippen LogP contribution is 2.30.